The highest BCUT2D eigenvalue weighted by atomic mass is 16.3. The van der Waals surface area contributed by atoms with E-state index < -0.39 is 20.6 Å². The zero-order chi connectivity index (χ0) is 39.9. The first kappa shape index (κ1) is 20.8. The van der Waals surface area contributed by atoms with E-state index in [2.05, 4.69) is 56.1 Å². The Morgan fingerprint density at radius 1 is 0.596 bits per heavy atom. The van der Waals surface area contributed by atoms with Gasteiger partial charge in [-0.1, -0.05) is 112 Å². The zero-order valence-electron chi connectivity index (χ0n) is 35.5. The number of hydrogen-bond acceptors (Lipinski definition) is 2. The van der Waals surface area contributed by atoms with Crippen LogP contribution in [-0.4, -0.2) is 4.98 Å². The van der Waals surface area contributed by atoms with E-state index in [1.54, 1.807) is 30.3 Å². The molecule has 0 unspecified atom stereocenters. The lowest BCUT2D eigenvalue weighted by Gasteiger charge is -2.19. The van der Waals surface area contributed by atoms with Crippen LogP contribution in [0.25, 0.3) is 77.0 Å². The smallest absolute Gasteiger partial charge is 0.144 e. The summed E-state index contributed by atoms with van der Waals surface area (Å²) in [5.41, 5.74) is 4.21. The van der Waals surface area contributed by atoms with Crippen LogP contribution in [0.3, 0.4) is 0 Å². The van der Waals surface area contributed by atoms with E-state index in [-0.39, 0.29) is 33.2 Å². The summed E-state index contributed by atoms with van der Waals surface area (Å²) in [6, 6.07) is 33.8. The van der Waals surface area contributed by atoms with E-state index in [9.17, 15) is 0 Å². The van der Waals surface area contributed by atoms with Crippen molar-refractivity contribution < 1.29 is 16.8 Å². The molecule has 2 aromatic heterocycles. The van der Waals surface area contributed by atoms with Crippen molar-refractivity contribution in [1.82, 2.24) is 4.98 Å². The number of pyridine rings is 1. The molecule has 0 spiro atoms. The fourth-order valence-electron chi connectivity index (χ4n) is 6.88. The second kappa shape index (κ2) is 11.0. The van der Waals surface area contributed by atoms with E-state index in [4.69, 9.17) is 16.8 Å². The van der Waals surface area contributed by atoms with Crippen LogP contribution in [0.4, 0.5) is 0 Å². The lowest BCUT2D eigenvalue weighted by Crippen LogP contribution is -2.09. The van der Waals surface area contributed by atoms with E-state index in [1.807, 2.05) is 42.5 Å². The zero-order valence-corrected chi connectivity index (χ0v) is 26.5. The third-order valence-electron chi connectivity index (χ3n) is 8.99. The van der Waals surface area contributed by atoms with Crippen LogP contribution in [0, 0.1) is 26.0 Å². The van der Waals surface area contributed by atoms with Gasteiger partial charge in [0, 0.05) is 40.3 Å². The van der Waals surface area contributed by atoms with Crippen molar-refractivity contribution in [1.29, 1.82) is 0 Å². The Morgan fingerprint density at radius 3 is 2.19 bits per heavy atom. The fraction of sp³-hybridized carbons (Fsp3) is 0.178. The Bertz CT molecular complexity index is 2840. The summed E-state index contributed by atoms with van der Waals surface area (Å²) in [5, 5.41) is 5.96. The van der Waals surface area contributed by atoms with E-state index >= 15 is 0 Å². The lowest BCUT2D eigenvalue weighted by atomic mass is 9.86. The summed E-state index contributed by atoms with van der Waals surface area (Å²) in [5.74, 6) is 0. The molecular weight excluding hydrogens is 571 g/mol. The molecule has 6 aromatic carbocycles. The molecule has 0 atom stereocenters. The maximum absolute atomic E-state index is 8.62. The minimum absolute atomic E-state index is 0.0767. The van der Waals surface area contributed by atoms with Crippen molar-refractivity contribution in [3.63, 3.8) is 0 Å². The van der Waals surface area contributed by atoms with Gasteiger partial charge in [0.15, 0.2) is 0 Å². The largest absolute Gasteiger partial charge is 0.455 e. The Kier molecular flexibility index (Phi) is 4.85. The molecule has 2 heteroatoms. The summed E-state index contributed by atoms with van der Waals surface area (Å²) in [7, 11) is 0. The van der Waals surface area contributed by atoms with E-state index in [0.717, 1.165) is 43.5 Å². The first-order chi connectivity index (χ1) is 26.3. The molecule has 0 saturated heterocycles. The van der Waals surface area contributed by atoms with Gasteiger partial charge in [-0.15, -0.1) is 0 Å². The number of furan rings is 1. The van der Waals surface area contributed by atoms with Crippen LogP contribution >= 0.6 is 0 Å². The number of benzene rings is 6. The summed E-state index contributed by atoms with van der Waals surface area (Å²) in [4.78, 5) is 4.64. The minimum atomic E-state index is -2.68. The molecule has 0 N–H and O–H groups in total. The number of para-hydroxylation sites is 1. The average molecular weight is 619 g/mol. The topological polar surface area (TPSA) is 26.0 Å². The number of nitrogens with zero attached hydrogens (tertiary/aromatic N) is 1. The molecule has 2 heterocycles. The molecule has 0 aliphatic heterocycles. The SMILES string of the molecule is [2H]C([2H])([2H])c1cc(CC(C)(C)C)ccc1-c1ccc(-c2cc(-c3cccc4c3oc3c4ccc4ccc5ccccc5c43)ncc2C([2H])([2H])[2H])c(C([2H])([2H])[2H])c1. The number of aromatic nitrogens is 1. The van der Waals surface area contributed by atoms with Crippen molar-refractivity contribution in [2.45, 2.75) is 47.7 Å². The highest BCUT2D eigenvalue weighted by Crippen LogP contribution is 2.41. The van der Waals surface area contributed by atoms with Crippen molar-refractivity contribution in [3.05, 3.63) is 138 Å². The van der Waals surface area contributed by atoms with Crippen LogP contribution in [0.15, 0.2) is 120 Å². The Hall–Kier alpha value is -5.21. The maximum atomic E-state index is 8.62. The molecule has 0 aliphatic carbocycles. The summed E-state index contributed by atoms with van der Waals surface area (Å²) < 4.78 is 83.0. The molecule has 0 amide bonds. The molecular formula is C45H39NO. The molecule has 0 saturated carbocycles. The van der Waals surface area contributed by atoms with Crippen molar-refractivity contribution in [2.24, 2.45) is 5.41 Å². The summed E-state index contributed by atoms with van der Waals surface area (Å²) in [6.45, 7) is -1.54. The summed E-state index contributed by atoms with van der Waals surface area (Å²) >= 11 is 0. The molecule has 0 aliphatic rings. The Labute approximate surface area is 289 Å². The molecule has 0 fully saturated rings. The quantitative estimate of drug-likeness (QED) is 0.183. The Balaban J connectivity index is 1.33. The van der Waals surface area contributed by atoms with Gasteiger partial charge in [-0.3, -0.25) is 4.98 Å². The lowest BCUT2D eigenvalue weighted by molar-refractivity contribution is 0.411. The fourth-order valence-corrected chi connectivity index (χ4v) is 6.88. The first-order valence-corrected chi connectivity index (χ1v) is 15.8. The predicted octanol–water partition coefficient (Wildman–Crippen LogP) is 12.8. The van der Waals surface area contributed by atoms with Crippen molar-refractivity contribution >= 4 is 43.5 Å². The van der Waals surface area contributed by atoms with Crippen LogP contribution in [0.1, 0.15) is 55.4 Å². The third-order valence-corrected chi connectivity index (χ3v) is 8.99. The van der Waals surface area contributed by atoms with Gasteiger partial charge in [0.2, 0.25) is 0 Å². The number of fused-ring (bicyclic) bond motifs is 7. The molecule has 47 heavy (non-hydrogen) atoms. The maximum Gasteiger partial charge on any atom is 0.144 e. The molecule has 8 aromatic rings. The normalized spacial score (nSPS) is 15.8. The second-order valence-electron chi connectivity index (χ2n) is 13.6. The number of aryl methyl sites for hydroxylation is 3. The molecule has 0 bridgehead atoms. The molecule has 8 rings (SSSR count). The van der Waals surface area contributed by atoms with Crippen LogP contribution in [-0.2, 0) is 6.42 Å². The minimum Gasteiger partial charge on any atom is -0.455 e. The highest BCUT2D eigenvalue weighted by Gasteiger charge is 2.18. The monoisotopic (exact) mass is 618 g/mol. The second-order valence-corrected chi connectivity index (χ2v) is 13.6. The van der Waals surface area contributed by atoms with E-state index in [1.165, 1.54) is 12.3 Å². The highest BCUT2D eigenvalue weighted by molar-refractivity contribution is 6.23. The van der Waals surface area contributed by atoms with Gasteiger partial charge in [0.25, 0.3) is 0 Å². The van der Waals surface area contributed by atoms with Crippen LogP contribution in [0.5, 0.6) is 0 Å². The van der Waals surface area contributed by atoms with Crippen LogP contribution < -0.4 is 0 Å². The van der Waals surface area contributed by atoms with Gasteiger partial charge >= 0.3 is 0 Å². The first-order valence-electron chi connectivity index (χ1n) is 20.3. The molecule has 2 nitrogen and oxygen atoms in total. The third kappa shape index (κ3) is 5.09. The van der Waals surface area contributed by atoms with Crippen molar-refractivity contribution in [2.75, 3.05) is 0 Å². The average Bonchev–Trinajstić information content (AvgIpc) is 3.52. The molecule has 0 radical (unpaired) electrons. The van der Waals surface area contributed by atoms with Gasteiger partial charge in [-0.2, -0.15) is 0 Å². The van der Waals surface area contributed by atoms with Gasteiger partial charge in [-0.05, 0) is 111 Å². The molecule has 230 valence electrons. The van der Waals surface area contributed by atoms with Gasteiger partial charge in [0.1, 0.15) is 11.2 Å². The Morgan fingerprint density at radius 2 is 1.34 bits per heavy atom. The van der Waals surface area contributed by atoms with E-state index in [0.29, 0.717) is 34.4 Å². The summed E-state index contributed by atoms with van der Waals surface area (Å²) in [6.07, 6.45) is 1.95. The van der Waals surface area contributed by atoms with Gasteiger partial charge < -0.3 is 4.42 Å². The van der Waals surface area contributed by atoms with Crippen LogP contribution in [0.2, 0.25) is 0 Å². The number of hydrogen-bond donors (Lipinski definition) is 0. The standard InChI is InChI=1S/C45H39NO/c1-27-22-30(25-45(4,5)6)14-19-34(27)33-18-20-35(28(2)23-33)40-24-41(46-26-29(40)3)39-13-9-12-37-38-21-17-32-16-15-31-10-7-8-11-36(31)42(32)44(38)47-43(37)39/h7-24,26H,25H2,1-6H3/i1D3,2D3,3D3. The van der Waals surface area contributed by atoms with Gasteiger partial charge in [-0.25, -0.2) is 0 Å². The van der Waals surface area contributed by atoms with Gasteiger partial charge in [0.05, 0.1) is 5.69 Å². The number of rotatable bonds is 4. The van der Waals surface area contributed by atoms with Crippen molar-refractivity contribution in [3.8, 4) is 33.5 Å². The predicted molar refractivity (Wildman–Crippen MR) is 200 cm³/mol.